The van der Waals surface area contributed by atoms with Crippen molar-refractivity contribution in [2.45, 2.75) is 25.5 Å². The minimum atomic E-state index is -0.546. The fourth-order valence-electron chi connectivity index (χ4n) is 2.92. The molecule has 6 nitrogen and oxygen atoms in total. The van der Waals surface area contributed by atoms with Crippen molar-refractivity contribution < 1.29 is 18.7 Å². The van der Waals surface area contributed by atoms with E-state index in [1.54, 1.807) is 23.9 Å². The van der Waals surface area contributed by atoms with E-state index in [9.17, 15) is 9.18 Å². The maximum atomic E-state index is 13.9. The highest BCUT2D eigenvalue weighted by Crippen LogP contribution is 2.30. The lowest BCUT2D eigenvalue weighted by atomic mass is 10.1. The number of benzene rings is 1. The van der Waals surface area contributed by atoms with E-state index in [0.29, 0.717) is 13.0 Å². The Labute approximate surface area is 139 Å². The molecule has 1 aromatic carbocycles. The van der Waals surface area contributed by atoms with Crippen LogP contribution in [0.3, 0.4) is 0 Å². The van der Waals surface area contributed by atoms with Gasteiger partial charge in [0.2, 0.25) is 0 Å². The Morgan fingerprint density at radius 1 is 1.50 bits per heavy atom. The van der Waals surface area contributed by atoms with E-state index in [4.69, 9.17) is 9.47 Å². The van der Waals surface area contributed by atoms with Crippen molar-refractivity contribution in [1.82, 2.24) is 15.1 Å². The average molecular weight is 333 g/mol. The van der Waals surface area contributed by atoms with Crippen molar-refractivity contribution in [1.29, 1.82) is 0 Å². The van der Waals surface area contributed by atoms with Gasteiger partial charge in [-0.15, -0.1) is 0 Å². The van der Waals surface area contributed by atoms with Gasteiger partial charge >= 0.3 is 0 Å². The molecule has 0 spiro atoms. The van der Waals surface area contributed by atoms with Crippen LogP contribution in [0.4, 0.5) is 4.39 Å². The number of carbonyl (C=O) groups is 1. The van der Waals surface area contributed by atoms with E-state index < -0.39 is 5.82 Å². The van der Waals surface area contributed by atoms with Gasteiger partial charge in [-0.05, 0) is 31.5 Å². The van der Waals surface area contributed by atoms with Crippen LogP contribution in [0.25, 0.3) is 0 Å². The molecule has 2 aromatic rings. The Morgan fingerprint density at radius 3 is 3.04 bits per heavy atom. The quantitative estimate of drug-likeness (QED) is 0.911. The van der Waals surface area contributed by atoms with Gasteiger partial charge in [-0.1, -0.05) is 6.07 Å². The van der Waals surface area contributed by atoms with E-state index in [0.717, 1.165) is 5.69 Å². The SMILES string of the molecule is CCOc1c(F)cccc1C(=O)N[C@H]1CCO[C@@H]1c1ccnn1C. The lowest BCUT2D eigenvalue weighted by molar-refractivity contribution is 0.0789. The maximum Gasteiger partial charge on any atom is 0.255 e. The number of aromatic nitrogens is 2. The smallest absolute Gasteiger partial charge is 0.255 e. The zero-order valence-corrected chi connectivity index (χ0v) is 13.7. The normalized spacial score (nSPS) is 20.1. The Bertz CT molecular complexity index is 732. The van der Waals surface area contributed by atoms with Gasteiger partial charge in [0.15, 0.2) is 11.6 Å². The molecule has 1 saturated heterocycles. The number of carbonyl (C=O) groups excluding carboxylic acids is 1. The number of amides is 1. The number of halogens is 1. The maximum absolute atomic E-state index is 13.9. The van der Waals surface area contributed by atoms with E-state index in [2.05, 4.69) is 10.4 Å². The number of nitrogens with zero attached hydrogens (tertiary/aromatic N) is 2. The molecule has 0 saturated carbocycles. The lowest BCUT2D eigenvalue weighted by Crippen LogP contribution is -2.37. The van der Waals surface area contributed by atoms with Crippen LogP contribution in [0.2, 0.25) is 0 Å². The van der Waals surface area contributed by atoms with E-state index in [-0.39, 0.29) is 36.0 Å². The Balaban J connectivity index is 1.80. The van der Waals surface area contributed by atoms with Crippen molar-refractivity contribution in [2.75, 3.05) is 13.2 Å². The zero-order chi connectivity index (χ0) is 17.1. The second-order valence-electron chi connectivity index (χ2n) is 5.59. The highest BCUT2D eigenvalue weighted by atomic mass is 19.1. The molecule has 128 valence electrons. The van der Waals surface area contributed by atoms with E-state index >= 15 is 0 Å². The summed E-state index contributed by atoms with van der Waals surface area (Å²) in [5.74, 6) is -0.940. The number of hydrogen-bond acceptors (Lipinski definition) is 4. The van der Waals surface area contributed by atoms with Crippen LogP contribution >= 0.6 is 0 Å². The summed E-state index contributed by atoms with van der Waals surface area (Å²) in [5.41, 5.74) is 1.08. The number of nitrogens with one attached hydrogen (secondary N) is 1. The molecule has 1 amide bonds. The van der Waals surface area contributed by atoms with Crippen molar-refractivity contribution in [3.63, 3.8) is 0 Å². The first-order valence-electron chi connectivity index (χ1n) is 7.93. The zero-order valence-electron chi connectivity index (χ0n) is 13.7. The topological polar surface area (TPSA) is 65.4 Å². The summed E-state index contributed by atoms with van der Waals surface area (Å²) in [6.07, 6.45) is 2.10. The first-order valence-corrected chi connectivity index (χ1v) is 7.93. The summed E-state index contributed by atoms with van der Waals surface area (Å²) in [6.45, 7) is 2.57. The monoisotopic (exact) mass is 333 g/mol. The minimum absolute atomic E-state index is 0.0199. The number of rotatable bonds is 5. The van der Waals surface area contributed by atoms with E-state index in [1.807, 2.05) is 13.1 Å². The number of aryl methyl sites for hydroxylation is 1. The fraction of sp³-hybridized carbons (Fsp3) is 0.412. The highest BCUT2D eigenvalue weighted by molar-refractivity contribution is 5.97. The van der Waals surface area contributed by atoms with Crippen LogP contribution < -0.4 is 10.1 Å². The third kappa shape index (κ3) is 3.12. The average Bonchev–Trinajstić information content (AvgIpc) is 3.17. The molecule has 1 fully saturated rings. The first-order chi connectivity index (χ1) is 11.6. The van der Waals surface area contributed by atoms with Gasteiger partial charge in [0, 0.05) is 19.9 Å². The minimum Gasteiger partial charge on any atom is -0.490 e. The molecule has 3 rings (SSSR count). The van der Waals surface area contributed by atoms with Gasteiger partial charge in [0.1, 0.15) is 6.10 Å². The van der Waals surface area contributed by atoms with Gasteiger partial charge in [-0.2, -0.15) is 5.10 Å². The molecule has 2 atom stereocenters. The van der Waals surface area contributed by atoms with Gasteiger partial charge in [0.25, 0.3) is 5.91 Å². The summed E-state index contributed by atoms with van der Waals surface area (Å²) in [7, 11) is 1.83. The molecule has 1 aromatic heterocycles. The van der Waals surface area contributed by atoms with Crippen LogP contribution in [0, 0.1) is 5.82 Å². The van der Waals surface area contributed by atoms with Crippen LogP contribution in [-0.4, -0.2) is 34.9 Å². The predicted octanol–water partition coefficient (Wildman–Crippen LogP) is 2.22. The fourth-order valence-corrected chi connectivity index (χ4v) is 2.92. The molecule has 1 aliphatic rings. The largest absolute Gasteiger partial charge is 0.490 e. The second-order valence-corrected chi connectivity index (χ2v) is 5.59. The highest BCUT2D eigenvalue weighted by Gasteiger charge is 2.33. The Morgan fingerprint density at radius 2 is 2.33 bits per heavy atom. The number of ether oxygens (including phenoxy) is 2. The summed E-state index contributed by atoms with van der Waals surface area (Å²) in [4.78, 5) is 12.6. The number of hydrogen-bond donors (Lipinski definition) is 1. The summed E-state index contributed by atoms with van der Waals surface area (Å²) >= 11 is 0. The van der Waals surface area contributed by atoms with Crippen molar-refractivity contribution in [2.24, 2.45) is 7.05 Å². The van der Waals surface area contributed by atoms with Gasteiger partial charge in [-0.25, -0.2) is 4.39 Å². The molecular formula is C17H20FN3O3. The molecule has 0 radical (unpaired) electrons. The van der Waals surface area contributed by atoms with Crippen molar-refractivity contribution in [3.8, 4) is 5.75 Å². The molecular weight excluding hydrogens is 313 g/mol. The van der Waals surface area contributed by atoms with Crippen LogP contribution in [0.15, 0.2) is 30.5 Å². The van der Waals surface area contributed by atoms with Gasteiger partial charge in [-0.3, -0.25) is 9.48 Å². The lowest BCUT2D eigenvalue weighted by Gasteiger charge is -2.21. The molecule has 0 unspecified atom stereocenters. The van der Waals surface area contributed by atoms with Gasteiger partial charge in [0.05, 0.1) is 23.9 Å². The molecule has 1 aliphatic heterocycles. The third-order valence-corrected chi connectivity index (χ3v) is 4.06. The summed E-state index contributed by atoms with van der Waals surface area (Å²) < 4.78 is 26.7. The Kier molecular flexibility index (Phi) is 4.80. The Hall–Kier alpha value is -2.41. The van der Waals surface area contributed by atoms with E-state index in [1.165, 1.54) is 12.1 Å². The standard InChI is InChI=1S/C17H20FN3O3/c1-3-23-15-11(5-4-6-12(15)18)17(22)20-13-8-10-24-16(13)14-7-9-19-21(14)2/h4-7,9,13,16H,3,8,10H2,1-2H3,(H,20,22)/t13-,16-/m0/s1. The van der Waals surface area contributed by atoms with Crippen LogP contribution in [0.1, 0.15) is 35.5 Å². The molecule has 24 heavy (non-hydrogen) atoms. The first kappa shape index (κ1) is 16.4. The molecule has 2 heterocycles. The van der Waals surface area contributed by atoms with Gasteiger partial charge < -0.3 is 14.8 Å². The van der Waals surface area contributed by atoms with Crippen LogP contribution in [-0.2, 0) is 11.8 Å². The van der Waals surface area contributed by atoms with Crippen molar-refractivity contribution >= 4 is 5.91 Å². The molecule has 0 aliphatic carbocycles. The molecule has 1 N–H and O–H groups in total. The van der Waals surface area contributed by atoms with Crippen LogP contribution in [0.5, 0.6) is 5.75 Å². The second kappa shape index (κ2) is 7.00. The van der Waals surface area contributed by atoms with Crippen molar-refractivity contribution in [3.05, 3.63) is 47.5 Å². The third-order valence-electron chi connectivity index (χ3n) is 4.06. The predicted molar refractivity (Wildman–Crippen MR) is 85.3 cm³/mol. The number of para-hydroxylation sites is 1. The molecule has 7 heteroatoms. The molecule has 0 bridgehead atoms. The summed E-state index contributed by atoms with van der Waals surface area (Å²) in [5, 5.41) is 7.07. The summed E-state index contributed by atoms with van der Waals surface area (Å²) in [6, 6.07) is 5.99.